The number of nitrogens with zero attached hydrogens (tertiary/aromatic N) is 2. The lowest BCUT2D eigenvalue weighted by Crippen LogP contribution is -2.06. The Morgan fingerprint density at radius 2 is 2.54 bits per heavy atom. The van der Waals surface area contributed by atoms with Gasteiger partial charge in [-0.2, -0.15) is 0 Å². The SMILES string of the molecule is CCC1CC1Nc1ccnc(Cl)n1. The maximum absolute atomic E-state index is 5.66. The van der Waals surface area contributed by atoms with Crippen molar-refractivity contribution in [2.75, 3.05) is 5.32 Å². The highest BCUT2D eigenvalue weighted by atomic mass is 35.5. The Morgan fingerprint density at radius 1 is 1.69 bits per heavy atom. The molecule has 1 aliphatic carbocycles. The molecule has 0 spiro atoms. The summed E-state index contributed by atoms with van der Waals surface area (Å²) in [6.45, 7) is 2.21. The minimum atomic E-state index is 0.304. The van der Waals surface area contributed by atoms with Crippen molar-refractivity contribution in [1.29, 1.82) is 0 Å². The number of hydrogen-bond donors (Lipinski definition) is 1. The van der Waals surface area contributed by atoms with E-state index < -0.39 is 0 Å². The Morgan fingerprint density at radius 3 is 3.15 bits per heavy atom. The van der Waals surface area contributed by atoms with Crippen LogP contribution < -0.4 is 5.32 Å². The molecule has 0 bridgehead atoms. The first-order valence-electron chi connectivity index (χ1n) is 4.54. The molecule has 4 heteroatoms. The normalized spacial score (nSPS) is 25.7. The fourth-order valence-electron chi connectivity index (χ4n) is 1.48. The predicted molar refractivity (Wildman–Crippen MR) is 52.9 cm³/mol. The van der Waals surface area contributed by atoms with Crippen molar-refractivity contribution in [2.45, 2.75) is 25.8 Å². The van der Waals surface area contributed by atoms with E-state index in [1.54, 1.807) is 6.20 Å². The monoisotopic (exact) mass is 197 g/mol. The third-order valence-corrected chi connectivity index (χ3v) is 2.59. The molecule has 0 saturated heterocycles. The molecule has 0 aliphatic heterocycles. The van der Waals surface area contributed by atoms with Crippen LogP contribution in [0.5, 0.6) is 0 Å². The van der Waals surface area contributed by atoms with Crippen LogP contribution >= 0.6 is 11.6 Å². The minimum Gasteiger partial charge on any atom is -0.367 e. The summed E-state index contributed by atoms with van der Waals surface area (Å²) in [5.41, 5.74) is 0. The molecule has 1 fully saturated rings. The van der Waals surface area contributed by atoms with Crippen molar-refractivity contribution < 1.29 is 0 Å². The van der Waals surface area contributed by atoms with E-state index in [0.29, 0.717) is 11.3 Å². The van der Waals surface area contributed by atoms with E-state index in [1.807, 2.05) is 6.07 Å². The molecule has 0 aromatic carbocycles. The molecule has 1 heterocycles. The van der Waals surface area contributed by atoms with Crippen molar-refractivity contribution in [3.8, 4) is 0 Å². The molecular formula is C9H12ClN3. The van der Waals surface area contributed by atoms with Gasteiger partial charge in [-0.15, -0.1) is 0 Å². The second-order valence-electron chi connectivity index (χ2n) is 3.37. The molecule has 1 saturated carbocycles. The lowest BCUT2D eigenvalue weighted by molar-refractivity contribution is 0.773. The van der Waals surface area contributed by atoms with Crippen molar-refractivity contribution in [3.63, 3.8) is 0 Å². The largest absolute Gasteiger partial charge is 0.367 e. The van der Waals surface area contributed by atoms with Crippen molar-refractivity contribution in [2.24, 2.45) is 5.92 Å². The first-order chi connectivity index (χ1) is 6.29. The average Bonchev–Trinajstić information content (AvgIpc) is 2.83. The van der Waals surface area contributed by atoms with Crippen LogP contribution in [0.15, 0.2) is 12.3 Å². The molecule has 1 aromatic heterocycles. The molecule has 0 amide bonds. The summed E-state index contributed by atoms with van der Waals surface area (Å²) >= 11 is 5.66. The zero-order valence-electron chi connectivity index (χ0n) is 7.50. The van der Waals surface area contributed by atoms with Gasteiger partial charge in [0.25, 0.3) is 0 Å². The maximum atomic E-state index is 5.66. The van der Waals surface area contributed by atoms with Gasteiger partial charge in [-0.1, -0.05) is 13.3 Å². The summed E-state index contributed by atoms with van der Waals surface area (Å²) in [5.74, 6) is 1.65. The highest BCUT2D eigenvalue weighted by molar-refractivity contribution is 6.28. The molecule has 13 heavy (non-hydrogen) atoms. The van der Waals surface area contributed by atoms with Gasteiger partial charge in [-0.25, -0.2) is 9.97 Å². The minimum absolute atomic E-state index is 0.304. The lowest BCUT2D eigenvalue weighted by Gasteiger charge is -2.03. The lowest BCUT2D eigenvalue weighted by atomic mass is 10.3. The molecule has 3 nitrogen and oxygen atoms in total. The highest BCUT2D eigenvalue weighted by Gasteiger charge is 2.35. The number of hydrogen-bond acceptors (Lipinski definition) is 3. The molecule has 70 valence electrons. The summed E-state index contributed by atoms with van der Waals surface area (Å²) in [6.07, 6.45) is 4.15. The molecule has 0 radical (unpaired) electrons. The molecule has 1 N–H and O–H groups in total. The third kappa shape index (κ3) is 2.10. The molecule has 2 unspecified atom stereocenters. The zero-order chi connectivity index (χ0) is 9.26. The van der Waals surface area contributed by atoms with Gasteiger partial charge in [-0.3, -0.25) is 0 Å². The second kappa shape index (κ2) is 3.50. The quantitative estimate of drug-likeness (QED) is 0.756. The van der Waals surface area contributed by atoms with Gasteiger partial charge >= 0.3 is 0 Å². The number of anilines is 1. The molecular weight excluding hydrogens is 186 g/mol. The van der Waals surface area contributed by atoms with Crippen LogP contribution in [0.4, 0.5) is 5.82 Å². The maximum Gasteiger partial charge on any atom is 0.224 e. The zero-order valence-corrected chi connectivity index (χ0v) is 8.25. The Hall–Kier alpha value is -0.830. The van der Waals surface area contributed by atoms with Gasteiger partial charge in [-0.05, 0) is 30.0 Å². The fraction of sp³-hybridized carbons (Fsp3) is 0.556. The first-order valence-corrected chi connectivity index (χ1v) is 4.92. The standard InChI is InChI=1S/C9H12ClN3/c1-2-6-5-7(6)12-8-3-4-11-9(10)13-8/h3-4,6-7H,2,5H2,1H3,(H,11,12,13). The van der Waals surface area contributed by atoms with Crippen molar-refractivity contribution >= 4 is 17.4 Å². The topological polar surface area (TPSA) is 37.8 Å². The van der Waals surface area contributed by atoms with Crippen LogP contribution in [0.2, 0.25) is 5.28 Å². The smallest absolute Gasteiger partial charge is 0.224 e. The second-order valence-corrected chi connectivity index (χ2v) is 3.70. The number of halogens is 1. The first kappa shape index (κ1) is 8.75. The summed E-state index contributed by atoms with van der Waals surface area (Å²) in [5, 5.41) is 3.63. The summed E-state index contributed by atoms with van der Waals surface area (Å²) in [6, 6.07) is 2.44. The van der Waals surface area contributed by atoms with Crippen molar-refractivity contribution in [3.05, 3.63) is 17.5 Å². The van der Waals surface area contributed by atoms with Crippen LogP contribution in [-0.2, 0) is 0 Å². The number of nitrogens with one attached hydrogen (secondary N) is 1. The Kier molecular flexibility index (Phi) is 2.36. The highest BCUT2D eigenvalue weighted by Crippen LogP contribution is 2.35. The van der Waals surface area contributed by atoms with E-state index in [4.69, 9.17) is 11.6 Å². The van der Waals surface area contributed by atoms with Crippen LogP contribution in [0.1, 0.15) is 19.8 Å². The van der Waals surface area contributed by atoms with Crippen LogP contribution in [-0.4, -0.2) is 16.0 Å². The number of aromatic nitrogens is 2. The molecule has 2 atom stereocenters. The van der Waals surface area contributed by atoms with Gasteiger partial charge in [0.2, 0.25) is 5.28 Å². The summed E-state index contributed by atoms with van der Waals surface area (Å²) in [7, 11) is 0. The van der Waals surface area contributed by atoms with Gasteiger partial charge in [0.15, 0.2) is 0 Å². The van der Waals surface area contributed by atoms with E-state index >= 15 is 0 Å². The van der Waals surface area contributed by atoms with Crippen LogP contribution in [0, 0.1) is 5.92 Å². The molecule has 1 aliphatic rings. The third-order valence-electron chi connectivity index (χ3n) is 2.41. The van der Waals surface area contributed by atoms with E-state index in [1.165, 1.54) is 12.8 Å². The molecule has 1 aromatic rings. The van der Waals surface area contributed by atoms with E-state index in [0.717, 1.165) is 11.7 Å². The van der Waals surface area contributed by atoms with Crippen LogP contribution in [0.25, 0.3) is 0 Å². The van der Waals surface area contributed by atoms with E-state index in [2.05, 4.69) is 22.2 Å². The Balaban J connectivity index is 1.95. The Bertz CT molecular complexity index is 303. The molecule has 2 rings (SSSR count). The van der Waals surface area contributed by atoms with Crippen LogP contribution in [0.3, 0.4) is 0 Å². The number of rotatable bonds is 3. The fourth-order valence-corrected chi connectivity index (χ4v) is 1.63. The van der Waals surface area contributed by atoms with Gasteiger partial charge in [0.05, 0.1) is 0 Å². The van der Waals surface area contributed by atoms with Gasteiger partial charge in [0, 0.05) is 12.2 Å². The Labute approximate surface area is 82.5 Å². The summed E-state index contributed by atoms with van der Waals surface area (Å²) < 4.78 is 0. The van der Waals surface area contributed by atoms with Gasteiger partial charge in [0.1, 0.15) is 5.82 Å². The van der Waals surface area contributed by atoms with Gasteiger partial charge < -0.3 is 5.32 Å². The van der Waals surface area contributed by atoms with E-state index in [9.17, 15) is 0 Å². The average molecular weight is 198 g/mol. The predicted octanol–water partition coefficient (Wildman–Crippen LogP) is 2.34. The van der Waals surface area contributed by atoms with E-state index in [-0.39, 0.29) is 0 Å². The summed E-state index contributed by atoms with van der Waals surface area (Å²) in [4.78, 5) is 7.89. The van der Waals surface area contributed by atoms with Crippen molar-refractivity contribution in [1.82, 2.24) is 9.97 Å².